The van der Waals surface area contributed by atoms with Gasteiger partial charge in [0, 0.05) is 18.0 Å². The molecule has 0 aliphatic carbocycles. The van der Waals surface area contributed by atoms with Gasteiger partial charge in [-0.05, 0) is 44.6 Å². The van der Waals surface area contributed by atoms with Crippen molar-refractivity contribution >= 4 is 29.0 Å². The lowest BCUT2D eigenvalue weighted by molar-refractivity contribution is -0.118. The molecule has 0 aliphatic rings. The average Bonchev–Trinajstić information content (AvgIpc) is 3.39. The Hall–Kier alpha value is -2.10. The molecule has 1 amide bonds. The molecule has 1 unspecified atom stereocenters. The van der Waals surface area contributed by atoms with Crippen molar-refractivity contribution in [3.8, 4) is 11.6 Å². The van der Waals surface area contributed by atoms with Crippen molar-refractivity contribution in [3.63, 3.8) is 0 Å². The molecule has 3 aromatic heterocycles. The molecular weight excluding hydrogens is 382 g/mol. The normalized spacial score (nSPS) is 12.4. The molecule has 27 heavy (non-hydrogen) atoms. The molecule has 0 saturated heterocycles. The fraction of sp³-hybridized carbons (Fsp3) is 0.389. The summed E-state index contributed by atoms with van der Waals surface area (Å²) in [6.45, 7) is 3.29. The van der Waals surface area contributed by atoms with Crippen molar-refractivity contribution in [3.05, 3.63) is 40.8 Å². The Morgan fingerprint density at radius 1 is 1.37 bits per heavy atom. The van der Waals surface area contributed by atoms with Crippen LogP contribution in [0, 0.1) is 0 Å². The predicted octanol–water partition coefficient (Wildman–Crippen LogP) is 3.13. The van der Waals surface area contributed by atoms with E-state index in [9.17, 15) is 4.79 Å². The fourth-order valence-electron chi connectivity index (χ4n) is 2.68. The second-order valence-electron chi connectivity index (χ2n) is 6.12. The van der Waals surface area contributed by atoms with E-state index in [0.717, 1.165) is 0 Å². The van der Waals surface area contributed by atoms with Gasteiger partial charge in [0.15, 0.2) is 16.7 Å². The number of carbonyl (C=O) groups excluding carboxylic acids is 1. The number of thiophene rings is 1. The van der Waals surface area contributed by atoms with Crippen molar-refractivity contribution in [2.75, 3.05) is 26.4 Å². The first-order valence-corrected chi connectivity index (χ1v) is 10.5. The van der Waals surface area contributed by atoms with E-state index in [1.54, 1.807) is 17.6 Å². The Morgan fingerprint density at radius 3 is 2.85 bits per heavy atom. The van der Waals surface area contributed by atoms with E-state index >= 15 is 0 Å². The second kappa shape index (κ2) is 9.20. The highest BCUT2D eigenvalue weighted by atomic mass is 32.2. The quantitative estimate of drug-likeness (QED) is 0.551. The van der Waals surface area contributed by atoms with Crippen LogP contribution < -0.4 is 5.32 Å². The first-order chi connectivity index (χ1) is 13.1. The molecule has 0 aromatic carbocycles. The third kappa shape index (κ3) is 4.79. The molecule has 0 aliphatic heterocycles. The average molecular weight is 406 g/mol. The highest BCUT2D eigenvalue weighted by Gasteiger charge is 2.18. The minimum atomic E-state index is -0.0198. The summed E-state index contributed by atoms with van der Waals surface area (Å²) in [5, 5.41) is 14.2. The minimum absolute atomic E-state index is 0.0198. The summed E-state index contributed by atoms with van der Waals surface area (Å²) in [5.74, 6) is 1.62. The van der Waals surface area contributed by atoms with E-state index in [0.29, 0.717) is 35.6 Å². The topological polar surface area (TPSA) is 76.2 Å². The van der Waals surface area contributed by atoms with Gasteiger partial charge in [-0.2, -0.15) is 0 Å². The van der Waals surface area contributed by atoms with E-state index in [4.69, 9.17) is 4.42 Å². The smallest absolute Gasteiger partial charge is 0.230 e. The summed E-state index contributed by atoms with van der Waals surface area (Å²) in [5.41, 5.74) is 0. The van der Waals surface area contributed by atoms with Crippen molar-refractivity contribution in [1.29, 1.82) is 0 Å². The summed E-state index contributed by atoms with van der Waals surface area (Å²) < 4.78 is 7.36. The van der Waals surface area contributed by atoms with Gasteiger partial charge in [-0.25, -0.2) is 0 Å². The number of nitrogens with zero attached hydrogens (tertiary/aromatic N) is 4. The number of nitrogens with one attached hydrogen (secondary N) is 1. The number of rotatable bonds is 9. The van der Waals surface area contributed by atoms with Crippen LogP contribution in [-0.2, 0) is 11.3 Å². The van der Waals surface area contributed by atoms with Gasteiger partial charge >= 0.3 is 0 Å². The highest BCUT2D eigenvalue weighted by Crippen LogP contribution is 2.25. The van der Waals surface area contributed by atoms with Gasteiger partial charge in [0.2, 0.25) is 5.91 Å². The molecule has 144 valence electrons. The van der Waals surface area contributed by atoms with Crippen LogP contribution in [0.4, 0.5) is 0 Å². The fourth-order valence-corrected chi connectivity index (χ4v) is 4.43. The lowest BCUT2D eigenvalue weighted by atomic mass is 10.2. The van der Waals surface area contributed by atoms with Crippen LogP contribution in [0.2, 0.25) is 0 Å². The maximum Gasteiger partial charge on any atom is 0.230 e. The van der Waals surface area contributed by atoms with Crippen molar-refractivity contribution in [1.82, 2.24) is 25.0 Å². The Morgan fingerprint density at radius 2 is 2.22 bits per heavy atom. The summed E-state index contributed by atoms with van der Waals surface area (Å²) in [7, 11) is 4.04. The summed E-state index contributed by atoms with van der Waals surface area (Å²) in [6, 6.07) is 7.96. The number of hydrogen-bond acceptors (Lipinski definition) is 7. The summed E-state index contributed by atoms with van der Waals surface area (Å²) in [4.78, 5) is 15.7. The van der Waals surface area contributed by atoms with Crippen LogP contribution in [0.1, 0.15) is 17.8 Å². The third-order valence-electron chi connectivity index (χ3n) is 4.09. The molecule has 0 bridgehead atoms. The number of thioether (sulfide) groups is 1. The molecule has 1 N–H and O–H groups in total. The Kier molecular flexibility index (Phi) is 6.70. The standard InChI is InChI=1S/C18H23N5O2S2/c1-4-23-17(14-7-5-9-25-14)20-21-18(23)27-12-16(24)19-11-13(22(2)3)15-8-6-10-26-15/h5-10,13H,4,11-12H2,1-3H3,(H,19,24). The van der Waals surface area contributed by atoms with Gasteiger partial charge in [0.1, 0.15) is 0 Å². The largest absolute Gasteiger partial charge is 0.461 e. The van der Waals surface area contributed by atoms with Crippen LogP contribution in [0.15, 0.2) is 45.5 Å². The molecule has 0 radical (unpaired) electrons. The SMILES string of the molecule is CCn1c(SCC(=O)NCC(c2cccs2)N(C)C)nnc1-c1ccco1. The maximum atomic E-state index is 12.3. The zero-order chi connectivity index (χ0) is 19.2. The van der Waals surface area contributed by atoms with E-state index < -0.39 is 0 Å². The summed E-state index contributed by atoms with van der Waals surface area (Å²) in [6.07, 6.45) is 1.61. The summed E-state index contributed by atoms with van der Waals surface area (Å²) >= 11 is 3.08. The number of furan rings is 1. The monoisotopic (exact) mass is 405 g/mol. The number of amides is 1. The first-order valence-electron chi connectivity index (χ1n) is 8.66. The molecule has 0 saturated carbocycles. The highest BCUT2D eigenvalue weighted by molar-refractivity contribution is 7.99. The van der Waals surface area contributed by atoms with Crippen LogP contribution in [0.5, 0.6) is 0 Å². The molecule has 7 nitrogen and oxygen atoms in total. The number of aromatic nitrogens is 3. The lowest BCUT2D eigenvalue weighted by Gasteiger charge is -2.23. The Bertz CT molecular complexity index is 843. The van der Waals surface area contributed by atoms with E-state index in [1.807, 2.05) is 43.8 Å². The van der Waals surface area contributed by atoms with Gasteiger partial charge in [-0.15, -0.1) is 21.5 Å². The molecule has 1 atom stereocenters. The molecule has 0 fully saturated rings. The zero-order valence-corrected chi connectivity index (χ0v) is 17.2. The second-order valence-corrected chi connectivity index (χ2v) is 8.04. The lowest BCUT2D eigenvalue weighted by Crippen LogP contribution is -2.35. The van der Waals surface area contributed by atoms with Crippen LogP contribution in [0.25, 0.3) is 11.6 Å². The first kappa shape index (κ1) is 19.7. The number of hydrogen-bond donors (Lipinski definition) is 1. The molecular formula is C18H23N5O2S2. The number of likely N-dealkylation sites (N-methyl/N-ethyl adjacent to an activating group) is 1. The van der Waals surface area contributed by atoms with Crippen molar-refractivity contribution < 1.29 is 9.21 Å². The van der Waals surface area contributed by atoms with E-state index in [-0.39, 0.29) is 11.9 Å². The predicted molar refractivity (Wildman–Crippen MR) is 108 cm³/mol. The van der Waals surface area contributed by atoms with Gasteiger partial charge < -0.3 is 14.6 Å². The van der Waals surface area contributed by atoms with Crippen LogP contribution in [-0.4, -0.2) is 52.0 Å². The Balaban J connectivity index is 1.56. The van der Waals surface area contributed by atoms with Crippen molar-refractivity contribution in [2.45, 2.75) is 24.7 Å². The maximum absolute atomic E-state index is 12.3. The zero-order valence-electron chi connectivity index (χ0n) is 15.6. The van der Waals surface area contributed by atoms with E-state index in [1.165, 1.54) is 16.6 Å². The van der Waals surface area contributed by atoms with Gasteiger partial charge in [-0.3, -0.25) is 9.36 Å². The van der Waals surface area contributed by atoms with Crippen molar-refractivity contribution in [2.24, 2.45) is 0 Å². The van der Waals surface area contributed by atoms with Crippen LogP contribution >= 0.6 is 23.1 Å². The molecule has 9 heteroatoms. The molecule has 3 heterocycles. The van der Waals surface area contributed by atoms with Crippen LogP contribution in [0.3, 0.4) is 0 Å². The molecule has 3 rings (SSSR count). The number of carbonyl (C=O) groups is 1. The van der Waals surface area contributed by atoms with Gasteiger partial charge in [-0.1, -0.05) is 17.8 Å². The third-order valence-corrected chi connectivity index (χ3v) is 6.03. The molecule has 0 spiro atoms. The minimum Gasteiger partial charge on any atom is -0.461 e. The van der Waals surface area contributed by atoms with E-state index in [2.05, 4.69) is 31.9 Å². The Labute approximate surface area is 166 Å². The van der Waals surface area contributed by atoms with Gasteiger partial charge in [0.25, 0.3) is 0 Å². The van der Waals surface area contributed by atoms with Gasteiger partial charge in [0.05, 0.1) is 18.1 Å². The molecule has 3 aromatic rings.